The van der Waals surface area contributed by atoms with Gasteiger partial charge in [-0.05, 0) is 91.0 Å². The van der Waals surface area contributed by atoms with Crippen molar-refractivity contribution < 1.29 is 9.53 Å². The lowest BCUT2D eigenvalue weighted by Crippen LogP contribution is -2.41. The summed E-state index contributed by atoms with van der Waals surface area (Å²) in [5.41, 5.74) is 3.63. The summed E-state index contributed by atoms with van der Waals surface area (Å²) in [7, 11) is 0. The summed E-state index contributed by atoms with van der Waals surface area (Å²) in [4.78, 5) is 17.0. The van der Waals surface area contributed by atoms with Crippen molar-refractivity contribution in [2.24, 2.45) is 5.92 Å². The molecule has 1 amide bonds. The SMILES string of the molecule is O=C(NCCCCC1CNC1)c1cc(/C=C/c2ccc(Cl)cc2Br)cc(OCCc2ccncc2)c1. The number of pyridine rings is 1. The monoisotopic (exact) mass is 567 g/mol. The molecule has 0 radical (unpaired) electrons. The Kier molecular flexibility index (Phi) is 9.96. The number of benzene rings is 2. The first-order valence-corrected chi connectivity index (χ1v) is 13.5. The summed E-state index contributed by atoms with van der Waals surface area (Å²) in [6.07, 6.45) is 11.6. The third-order valence-corrected chi connectivity index (χ3v) is 7.13. The maximum absolute atomic E-state index is 12.9. The molecule has 7 heteroatoms. The molecule has 1 aliphatic heterocycles. The highest BCUT2D eigenvalue weighted by Gasteiger charge is 2.15. The van der Waals surface area contributed by atoms with Gasteiger partial charge >= 0.3 is 0 Å². The molecule has 0 aliphatic carbocycles. The Labute approximate surface area is 226 Å². The Morgan fingerprint density at radius 3 is 2.69 bits per heavy atom. The zero-order valence-electron chi connectivity index (χ0n) is 20.2. The first-order valence-electron chi connectivity index (χ1n) is 12.4. The molecule has 0 bridgehead atoms. The molecule has 2 aromatic carbocycles. The van der Waals surface area contributed by atoms with Gasteiger partial charge < -0.3 is 15.4 Å². The lowest BCUT2D eigenvalue weighted by molar-refractivity contribution is 0.0952. The number of nitrogens with zero attached hydrogens (tertiary/aromatic N) is 1. The Bertz CT molecular complexity index is 1180. The maximum atomic E-state index is 12.9. The van der Waals surface area contributed by atoms with Crippen molar-refractivity contribution >= 4 is 45.6 Å². The minimum atomic E-state index is -0.0813. The van der Waals surface area contributed by atoms with Gasteiger partial charge in [0, 0.05) is 40.4 Å². The fraction of sp³-hybridized carbons (Fsp3) is 0.310. The Hall–Kier alpha value is -2.67. The third-order valence-electron chi connectivity index (χ3n) is 6.21. The number of unbranched alkanes of at least 4 members (excludes halogenated alkanes) is 1. The zero-order valence-corrected chi connectivity index (χ0v) is 22.5. The van der Waals surface area contributed by atoms with Crippen LogP contribution in [0, 0.1) is 5.92 Å². The number of hydrogen-bond acceptors (Lipinski definition) is 4. The van der Waals surface area contributed by atoms with E-state index < -0.39 is 0 Å². The van der Waals surface area contributed by atoms with Crippen molar-refractivity contribution in [3.63, 3.8) is 0 Å². The van der Waals surface area contributed by atoms with Crippen LogP contribution in [0.25, 0.3) is 12.2 Å². The van der Waals surface area contributed by atoms with E-state index in [2.05, 4.69) is 31.5 Å². The largest absolute Gasteiger partial charge is 0.493 e. The van der Waals surface area contributed by atoms with E-state index in [1.165, 1.54) is 6.42 Å². The van der Waals surface area contributed by atoms with Crippen molar-refractivity contribution in [3.8, 4) is 5.75 Å². The summed E-state index contributed by atoms with van der Waals surface area (Å²) in [5, 5.41) is 7.05. The molecule has 0 saturated carbocycles. The van der Waals surface area contributed by atoms with Gasteiger partial charge in [-0.2, -0.15) is 0 Å². The summed E-state index contributed by atoms with van der Waals surface area (Å²) >= 11 is 9.62. The molecule has 0 spiro atoms. The number of aromatic nitrogens is 1. The van der Waals surface area contributed by atoms with E-state index in [4.69, 9.17) is 16.3 Å². The Balaban J connectivity index is 1.42. The number of rotatable bonds is 12. The fourth-order valence-corrected chi connectivity index (χ4v) is 4.82. The topological polar surface area (TPSA) is 63.2 Å². The summed E-state index contributed by atoms with van der Waals surface area (Å²) in [6.45, 7) is 3.44. The predicted octanol–water partition coefficient (Wildman–Crippen LogP) is 6.41. The number of hydrogen-bond donors (Lipinski definition) is 2. The van der Waals surface area contributed by atoms with Crippen LogP contribution in [0.5, 0.6) is 5.75 Å². The zero-order chi connectivity index (χ0) is 25.2. The molecule has 2 heterocycles. The molecular formula is C29H31BrClN3O2. The van der Waals surface area contributed by atoms with Gasteiger partial charge in [0.05, 0.1) is 6.61 Å². The first-order chi connectivity index (χ1) is 17.6. The van der Waals surface area contributed by atoms with Crippen molar-refractivity contribution in [1.29, 1.82) is 0 Å². The van der Waals surface area contributed by atoms with Gasteiger partial charge in [0.1, 0.15) is 5.75 Å². The molecule has 5 nitrogen and oxygen atoms in total. The second-order valence-corrected chi connectivity index (χ2v) is 10.3. The van der Waals surface area contributed by atoms with Crippen LogP contribution in [0.4, 0.5) is 0 Å². The molecule has 1 aliphatic rings. The fourth-order valence-electron chi connectivity index (χ4n) is 4.01. The number of ether oxygens (including phenoxy) is 1. The normalized spacial score (nSPS) is 13.5. The van der Waals surface area contributed by atoms with Gasteiger partial charge in [0.15, 0.2) is 0 Å². The number of carbonyl (C=O) groups excluding carboxylic acids is 1. The van der Waals surface area contributed by atoms with Crippen LogP contribution in [0.1, 0.15) is 46.3 Å². The van der Waals surface area contributed by atoms with E-state index in [9.17, 15) is 4.79 Å². The van der Waals surface area contributed by atoms with E-state index in [1.54, 1.807) is 12.4 Å². The van der Waals surface area contributed by atoms with Gasteiger partial charge in [-0.15, -0.1) is 0 Å². The van der Waals surface area contributed by atoms with Gasteiger partial charge in [0.2, 0.25) is 0 Å². The second-order valence-electron chi connectivity index (χ2n) is 9.02. The van der Waals surface area contributed by atoms with Crippen molar-refractivity contribution in [2.75, 3.05) is 26.2 Å². The molecule has 3 aromatic rings. The van der Waals surface area contributed by atoms with Crippen LogP contribution in [-0.4, -0.2) is 37.1 Å². The van der Waals surface area contributed by atoms with Crippen LogP contribution in [-0.2, 0) is 6.42 Å². The first kappa shape index (κ1) is 26.4. The average molecular weight is 569 g/mol. The summed E-state index contributed by atoms with van der Waals surface area (Å²) < 4.78 is 6.96. The molecular weight excluding hydrogens is 538 g/mol. The molecule has 1 saturated heterocycles. The van der Waals surface area contributed by atoms with Crippen LogP contribution >= 0.6 is 27.5 Å². The molecule has 4 rings (SSSR count). The van der Waals surface area contributed by atoms with Crippen LogP contribution in [0.2, 0.25) is 5.02 Å². The van der Waals surface area contributed by atoms with Crippen molar-refractivity contribution in [3.05, 3.63) is 92.7 Å². The smallest absolute Gasteiger partial charge is 0.251 e. The lowest BCUT2D eigenvalue weighted by Gasteiger charge is -2.26. The predicted molar refractivity (Wildman–Crippen MR) is 151 cm³/mol. The van der Waals surface area contributed by atoms with Crippen LogP contribution in [0.3, 0.4) is 0 Å². The van der Waals surface area contributed by atoms with E-state index in [-0.39, 0.29) is 5.91 Å². The average Bonchev–Trinajstić information content (AvgIpc) is 2.85. The van der Waals surface area contributed by atoms with E-state index >= 15 is 0 Å². The third kappa shape index (κ3) is 8.19. The van der Waals surface area contributed by atoms with Gasteiger partial charge in [0.25, 0.3) is 5.91 Å². The highest BCUT2D eigenvalue weighted by atomic mass is 79.9. The number of carbonyl (C=O) groups is 1. The van der Waals surface area contributed by atoms with Crippen LogP contribution < -0.4 is 15.4 Å². The molecule has 188 valence electrons. The quantitative estimate of drug-likeness (QED) is 0.196. The maximum Gasteiger partial charge on any atom is 0.251 e. The summed E-state index contributed by atoms with van der Waals surface area (Å²) in [6, 6.07) is 15.3. The van der Waals surface area contributed by atoms with Crippen molar-refractivity contribution in [2.45, 2.75) is 25.7 Å². The van der Waals surface area contributed by atoms with E-state index in [1.807, 2.05) is 60.7 Å². The molecule has 0 atom stereocenters. The van der Waals surface area contributed by atoms with E-state index in [0.29, 0.717) is 29.5 Å². The number of amides is 1. The van der Waals surface area contributed by atoms with E-state index in [0.717, 1.165) is 59.4 Å². The van der Waals surface area contributed by atoms with Gasteiger partial charge in [-0.1, -0.05) is 52.2 Å². The molecule has 1 fully saturated rings. The van der Waals surface area contributed by atoms with Crippen molar-refractivity contribution in [1.82, 2.24) is 15.6 Å². The summed E-state index contributed by atoms with van der Waals surface area (Å²) in [5.74, 6) is 1.39. The minimum absolute atomic E-state index is 0.0813. The number of nitrogens with one attached hydrogen (secondary N) is 2. The Morgan fingerprint density at radius 2 is 1.94 bits per heavy atom. The lowest BCUT2D eigenvalue weighted by atomic mass is 9.96. The standard InChI is InChI=1S/C29H31BrClN3O2/c30-28-18-26(31)7-6-24(28)5-4-22-15-25(29(35)34-11-2-1-3-23-19-33-20-23)17-27(16-22)36-14-10-21-8-12-32-13-9-21/h4-9,12-13,15-18,23,33H,1-3,10-11,14,19-20H2,(H,34,35)/b5-4+. The number of halogens is 2. The highest BCUT2D eigenvalue weighted by molar-refractivity contribution is 9.10. The van der Waals surface area contributed by atoms with Gasteiger partial charge in [-0.3, -0.25) is 9.78 Å². The minimum Gasteiger partial charge on any atom is -0.493 e. The molecule has 36 heavy (non-hydrogen) atoms. The van der Waals surface area contributed by atoms with Crippen LogP contribution in [0.15, 0.2) is 65.4 Å². The molecule has 0 unspecified atom stereocenters. The molecule has 1 aromatic heterocycles. The molecule has 2 N–H and O–H groups in total. The highest BCUT2D eigenvalue weighted by Crippen LogP contribution is 2.25. The van der Waals surface area contributed by atoms with Gasteiger partial charge in [-0.25, -0.2) is 0 Å². The Morgan fingerprint density at radius 1 is 1.11 bits per heavy atom. The second kappa shape index (κ2) is 13.6.